The first-order valence-electron chi connectivity index (χ1n) is 6.38. The highest BCUT2D eigenvalue weighted by Crippen LogP contribution is 2.54. The predicted molar refractivity (Wildman–Crippen MR) is 80.4 cm³/mol. The topological polar surface area (TPSA) is 20.1 Å². The fraction of sp³-hybridized carbons (Fsp3) is 0.125. The van der Waals surface area contributed by atoms with Gasteiger partial charge in [-0.3, -0.25) is 4.57 Å². The third kappa shape index (κ3) is 2.07. The van der Waals surface area contributed by atoms with Crippen LogP contribution in [-0.2, 0) is 4.57 Å². The normalized spacial score (nSPS) is 21.9. The van der Waals surface area contributed by atoms with E-state index in [4.69, 9.17) is 0 Å². The van der Waals surface area contributed by atoms with Gasteiger partial charge in [-0.15, -0.1) is 6.58 Å². The molecule has 1 heterocycles. The van der Waals surface area contributed by atoms with Gasteiger partial charge in [0.1, 0.15) is 0 Å². The third-order valence-electron chi connectivity index (χ3n) is 3.47. The van der Waals surface area contributed by atoms with Crippen LogP contribution in [0.3, 0.4) is 0 Å². The van der Waals surface area contributed by atoms with Crippen molar-refractivity contribution in [2.24, 2.45) is 0 Å². The third-order valence-corrected chi connectivity index (χ3v) is 6.65. The van der Waals surface area contributed by atoms with E-state index in [1.165, 1.54) is 0 Å². The smallest absolute Gasteiger partial charge is 0.207 e. The largest absolute Gasteiger partial charge is 0.296 e. The van der Waals surface area contributed by atoms with E-state index in [0.29, 0.717) is 0 Å². The van der Waals surface area contributed by atoms with Crippen molar-refractivity contribution in [3.8, 4) is 0 Å². The Morgan fingerprint density at radius 1 is 1.00 bits per heavy atom. The molecule has 2 unspecified atom stereocenters. The van der Waals surface area contributed by atoms with Crippen molar-refractivity contribution < 1.29 is 4.57 Å². The van der Waals surface area contributed by atoms with Crippen LogP contribution >= 0.6 is 7.29 Å². The van der Waals surface area contributed by atoms with Crippen LogP contribution in [0.1, 0.15) is 0 Å². The molecule has 2 atom stereocenters. The molecule has 1 aliphatic heterocycles. The molecular weight excluding hydrogens is 253 g/mol. The summed E-state index contributed by atoms with van der Waals surface area (Å²) in [6.45, 7) is 4.63. The molecule has 3 heteroatoms. The summed E-state index contributed by atoms with van der Waals surface area (Å²) in [4.78, 5) is 0. The number of nitrogens with zero attached hydrogens (tertiary/aromatic N) is 1. The zero-order valence-electron chi connectivity index (χ0n) is 10.6. The SMILES string of the molecule is C=CC1CN1P(=O)(c1ccccc1)c1ccccc1. The lowest BCUT2D eigenvalue weighted by molar-refractivity contribution is 0.562. The number of hydrogen-bond donors (Lipinski definition) is 0. The molecule has 0 amide bonds. The van der Waals surface area contributed by atoms with Crippen LogP contribution < -0.4 is 10.6 Å². The molecule has 0 saturated carbocycles. The van der Waals surface area contributed by atoms with Crippen molar-refractivity contribution in [3.05, 3.63) is 73.3 Å². The Balaban J connectivity index is 2.12. The van der Waals surface area contributed by atoms with Gasteiger partial charge < -0.3 is 0 Å². The van der Waals surface area contributed by atoms with Crippen LogP contribution in [0.2, 0.25) is 0 Å². The molecule has 0 bridgehead atoms. The Labute approximate surface area is 113 Å². The number of rotatable bonds is 4. The summed E-state index contributed by atoms with van der Waals surface area (Å²) in [5.74, 6) is 0. The van der Waals surface area contributed by atoms with Crippen molar-refractivity contribution in [2.75, 3.05) is 6.54 Å². The zero-order valence-corrected chi connectivity index (χ0v) is 11.5. The standard InChI is InChI=1S/C16H16NOP/c1-2-14-13-17(14)19(18,15-9-5-3-6-10-15)16-11-7-4-8-12-16/h2-12,14H,1,13H2. The van der Waals surface area contributed by atoms with Crippen molar-refractivity contribution in [3.63, 3.8) is 0 Å². The van der Waals surface area contributed by atoms with Crippen LogP contribution in [0.15, 0.2) is 73.3 Å². The van der Waals surface area contributed by atoms with E-state index < -0.39 is 7.29 Å². The summed E-state index contributed by atoms with van der Waals surface area (Å²) in [6.07, 6.45) is 1.87. The molecule has 2 aromatic carbocycles. The molecule has 0 radical (unpaired) electrons. The van der Waals surface area contributed by atoms with Gasteiger partial charge in [0.15, 0.2) is 0 Å². The van der Waals surface area contributed by atoms with Gasteiger partial charge in [0.25, 0.3) is 0 Å². The van der Waals surface area contributed by atoms with Crippen molar-refractivity contribution in [2.45, 2.75) is 6.04 Å². The average Bonchev–Trinajstić information content (AvgIpc) is 3.28. The summed E-state index contributed by atoms with van der Waals surface area (Å²) in [5.41, 5.74) is 0. The Bertz CT molecular complexity index is 580. The lowest BCUT2D eigenvalue weighted by Crippen LogP contribution is -2.22. The molecule has 1 aliphatic rings. The minimum absolute atomic E-state index is 0.228. The fourth-order valence-corrected chi connectivity index (χ4v) is 5.32. The Hall–Kier alpha value is -1.63. The molecule has 3 rings (SSSR count). The van der Waals surface area contributed by atoms with Crippen LogP contribution in [0, 0.1) is 0 Å². The minimum Gasteiger partial charge on any atom is -0.296 e. The maximum absolute atomic E-state index is 13.6. The highest BCUT2D eigenvalue weighted by atomic mass is 31.2. The first kappa shape index (κ1) is 12.4. The fourth-order valence-electron chi connectivity index (χ4n) is 2.37. The quantitative estimate of drug-likeness (QED) is 0.483. The Morgan fingerprint density at radius 3 is 1.84 bits per heavy atom. The summed E-state index contributed by atoms with van der Waals surface area (Å²) in [6, 6.07) is 19.7. The van der Waals surface area contributed by atoms with Gasteiger partial charge in [0.2, 0.25) is 7.29 Å². The van der Waals surface area contributed by atoms with E-state index >= 15 is 0 Å². The van der Waals surface area contributed by atoms with Crippen LogP contribution in [0.4, 0.5) is 0 Å². The maximum Gasteiger partial charge on any atom is 0.207 e. The van der Waals surface area contributed by atoms with E-state index in [2.05, 4.69) is 6.58 Å². The van der Waals surface area contributed by atoms with Gasteiger partial charge in [-0.25, -0.2) is 4.67 Å². The number of hydrogen-bond acceptors (Lipinski definition) is 1. The summed E-state index contributed by atoms with van der Waals surface area (Å²) < 4.78 is 15.7. The minimum atomic E-state index is -2.70. The molecule has 0 aromatic heterocycles. The van der Waals surface area contributed by atoms with Crippen LogP contribution in [0.25, 0.3) is 0 Å². The van der Waals surface area contributed by atoms with E-state index in [1.54, 1.807) is 0 Å². The monoisotopic (exact) mass is 269 g/mol. The number of benzene rings is 2. The Morgan fingerprint density at radius 2 is 1.47 bits per heavy atom. The van der Waals surface area contributed by atoms with E-state index in [9.17, 15) is 4.57 Å². The average molecular weight is 269 g/mol. The first-order valence-corrected chi connectivity index (χ1v) is 8.03. The molecule has 0 spiro atoms. The molecule has 0 aliphatic carbocycles. The highest BCUT2D eigenvalue weighted by molar-refractivity contribution is 7.76. The zero-order chi connectivity index (χ0) is 13.3. The van der Waals surface area contributed by atoms with Crippen LogP contribution in [0.5, 0.6) is 0 Å². The van der Waals surface area contributed by atoms with Gasteiger partial charge in [-0.05, 0) is 24.3 Å². The van der Waals surface area contributed by atoms with Crippen molar-refractivity contribution in [1.82, 2.24) is 4.67 Å². The second kappa shape index (κ2) is 4.80. The van der Waals surface area contributed by atoms with Crippen molar-refractivity contribution >= 4 is 17.9 Å². The summed E-state index contributed by atoms with van der Waals surface area (Å²) in [5, 5.41) is 1.79. The van der Waals surface area contributed by atoms with E-state index in [1.807, 2.05) is 71.4 Å². The molecule has 2 nitrogen and oxygen atoms in total. The lowest BCUT2D eigenvalue weighted by Gasteiger charge is -2.20. The summed E-state index contributed by atoms with van der Waals surface area (Å²) in [7, 11) is -2.70. The first-order chi connectivity index (χ1) is 9.26. The summed E-state index contributed by atoms with van der Waals surface area (Å²) >= 11 is 0. The van der Waals surface area contributed by atoms with Crippen molar-refractivity contribution in [1.29, 1.82) is 0 Å². The van der Waals surface area contributed by atoms with E-state index in [-0.39, 0.29) is 6.04 Å². The highest BCUT2D eigenvalue weighted by Gasteiger charge is 2.47. The molecule has 0 N–H and O–H groups in total. The second-order valence-electron chi connectivity index (χ2n) is 4.67. The Kier molecular flexibility index (Phi) is 3.14. The predicted octanol–water partition coefficient (Wildman–Crippen LogP) is 2.79. The molecular formula is C16H16NOP. The van der Waals surface area contributed by atoms with Gasteiger partial charge in [-0.2, -0.15) is 0 Å². The van der Waals surface area contributed by atoms with Gasteiger partial charge in [-0.1, -0.05) is 42.5 Å². The van der Waals surface area contributed by atoms with Crippen LogP contribution in [-0.4, -0.2) is 17.3 Å². The van der Waals surface area contributed by atoms with Gasteiger partial charge in [0.05, 0.1) is 0 Å². The van der Waals surface area contributed by atoms with Gasteiger partial charge in [0, 0.05) is 23.2 Å². The molecule has 2 aromatic rings. The second-order valence-corrected chi connectivity index (χ2v) is 7.37. The lowest BCUT2D eigenvalue weighted by atomic mass is 10.4. The van der Waals surface area contributed by atoms with E-state index in [0.717, 1.165) is 17.2 Å². The molecule has 19 heavy (non-hydrogen) atoms. The molecule has 1 saturated heterocycles. The van der Waals surface area contributed by atoms with Gasteiger partial charge >= 0.3 is 0 Å². The molecule has 96 valence electrons. The molecule has 1 fully saturated rings. The maximum atomic E-state index is 13.6.